The van der Waals surface area contributed by atoms with Gasteiger partial charge in [-0.3, -0.25) is 4.21 Å². The number of benzene rings is 2. The van der Waals surface area contributed by atoms with E-state index in [1.807, 2.05) is 0 Å². The second-order valence-corrected chi connectivity index (χ2v) is 6.71. The summed E-state index contributed by atoms with van der Waals surface area (Å²) in [7, 11) is -1.62. The molecule has 0 radical (unpaired) electrons. The van der Waals surface area contributed by atoms with E-state index < -0.39 is 22.4 Å². The molecule has 106 valence electrons. The van der Waals surface area contributed by atoms with Crippen LogP contribution >= 0.6 is 27.5 Å². The molecule has 0 amide bonds. The Morgan fingerprint density at radius 1 is 1.25 bits per heavy atom. The summed E-state index contributed by atoms with van der Waals surface area (Å²) in [5, 5.41) is 0.256. The quantitative estimate of drug-likeness (QED) is 0.638. The summed E-state index contributed by atoms with van der Waals surface area (Å²) in [6, 6.07) is 6.84. The maximum Gasteiger partial charge on any atom is 0.144 e. The third-order valence-corrected chi connectivity index (χ3v) is 4.92. The van der Waals surface area contributed by atoms with Crippen molar-refractivity contribution in [3.63, 3.8) is 0 Å². The van der Waals surface area contributed by atoms with Crippen molar-refractivity contribution >= 4 is 44.0 Å². The molecular weight excluding hydrogens is 372 g/mol. The van der Waals surface area contributed by atoms with Crippen molar-refractivity contribution in [3.05, 3.63) is 57.0 Å². The summed E-state index contributed by atoms with van der Waals surface area (Å²) in [5.74, 6) is -1.77. The third kappa shape index (κ3) is 3.19. The van der Waals surface area contributed by atoms with Crippen molar-refractivity contribution in [1.82, 2.24) is 0 Å². The molecule has 0 aromatic heterocycles. The lowest BCUT2D eigenvalue weighted by Gasteiger charge is -2.08. The number of nitrogen functional groups attached to an aromatic ring is 1. The molecule has 0 aliphatic rings. The van der Waals surface area contributed by atoms with Gasteiger partial charge >= 0.3 is 0 Å². The van der Waals surface area contributed by atoms with E-state index >= 15 is 0 Å². The minimum atomic E-state index is -1.62. The van der Waals surface area contributed by atoms with Crippen LogP contribution in [0.3, 0.4) is 0 Å². The van der Waals surface area contributed by atoms with Gasteiger partial charge in [0.1, 0.15) is 11.6 Å². The van der Waals surface area contributed by atoms with Crippen LogP contribution in [0.25, 0.3) is 0 Å². The molecule has 0 aliphatic carbocycles. The predicted molar refractivity (Wildman–Crippen MR) is 80.0 cm³/mol. The van der Waals surface area contributed by atoms with Gasteiger partial charge in [-0.1, -0.05) is 11.6 Å². The zero-order chi connectivity index (χ0) is 14.9. The van der Waals surface area contributed by atoms with Gasteiger partial charge in [0.2, 0.25) is 0 Å². The number of anilines is 1. The highest BCUT2D eigenvalue weighted by Crippen LogP contribution is 2.26. The van der Waals surface area contributed by atoms with Gasteiger partial charge in [0.15, 0.2) is 0 Å². The smallest absolute Gasteiger partial charge is 0.144 e. The Morgan fingerprint density at radius 3 is 2.60 bits per heavy atom. The Kier molecular flexibility index (Phi) is 4.78. The molecule has 0 spiro atoms. The summed E-state index contributed by atoms with van der Waals surface area (Å²) in [5.41, 5.74) is 5.68. The Labute approximate surface area is 130 Å². The van der Waals surface area contributed by atoms with Gasteiger partial charge in [0.25, 0.3) is 0 Å². The Bertz CT molecular complexity index is 696. The molecule has 0 bridgehead atoms. The normalized spacial score (nSPS) is 12.4. The second kappa shape index (κ2) is 6.20. The molecule has 2 aromatic rings. The SMILES string of the molecule is Nc1ccc(S(=O)Cc2c(F)ccc(Br)c2F)cc1Cl. The van der Waals surface area contributed by atoms with E-state index in [2.05, 4.69) is 15.9 Å². The predicted octanol–water partition coefficient (Wildman–Crippen LogP) is 4.27. The lowest BCUT2D eigenvalue weighted by molar-refractivity contribution is 0.560. The molecule has 0 fully saturated rings. The molecule has 0 saturated heterocycles. The first kappa shape index (κ1) is 15.4. The molecule has 2 N–H and O–H groups in total. The highest BCUT2D eigenvalue weighted by molar-refractivity contribution is 9.10. The monoisotopic (exact) mass is 379 g/mol. The molecule has 0 saturated carbocycles. The lowest BCUT2D eigenvalue weighted by atomic mass is 10.2. The molecule has 2 aromatic carbocycles. The number of rotatable bonds is 3. The topological polar surface area (TPSA) is 43.1 Å². The fraction of sp³-hybridized carbons (Fsp3) is 0.0769. The van der Waals surface area contributed by atoms with Gasteiger partial charge in [-0.05, 0) is 46.3 Å². The van der Waals surface area contributed by atoms with Gasteiger partial charge in [-0.25, -0.2) is 8.78 Å². The Morgan fingerprint density at radius 2 is 1.95 bits per heavy atom. The van der Waals surface area contributed by atoms with Crippen molar-refractivity contribution < 1.29 is 13.0 Å². The van der Waals surface area contributed by atoms with Crippen LogP contribution < -0.4 is 5.73 Å². The van der Waals surface area contributed by atoms with E-state index in [4.69, 9.17) is 17.3 Å². The zero-order valence-corrected chi connectivity index (χ0v) is 13.2. The maximum absolute atomic E-state index is 13.8. The third-order valence-electron chi connectivity index (χ3n) is 2.65. The van der Waals surface area contributed by atoms with E-state index in [1.165, 1.54) is 24.3 Å². The standard InChI is InChI=1S/C13H9BrClF2NOS/c14-9-2-3-11(16)8(13(9)17)6-20(19)7-1-4-12(18)10(15)5-7/h1-5H,6,18H2. The number of nitrogens with two attached hydrogens (primary N) is 1. The number of halogens is 4. The van der Waals surface area contributed by atoms with Crippen LogP contribution in [0.2, 0.25) is 5.02 Å². The molecule has 0 heterocycles. The lowest BCUT2D eigenvalue weighted by Crippen LogP contribution is -2.03. The average molecular weight is 381 g/mol. The minimum Gasteiger partial charge on any atom is -0.398 e. The van der Waals surface area contributed by atoms with E-state index in [-0.39, 0.29) is 20.8 Å². The molecule has 20 heavy (non-hydrogen) atoms. The molecule has 0 aliphatic heterocycles. The van der Waals surface area contributed by atoms with Crippen LogP contribution in [0.1, 0.15) is 5.56 Å². The van der Waals surface area contributed by atoms with E-state index in [1.54, 1.807) is 0 Å². The van der Waals surface area contributed by atoms with Crippen LogP contribution in [-0.4, -0.2) is 4.21 Å². The van der Waals surface area contributed by atoms with Crippen LogP contribution in [0.5, 0.6) is 0 Å². The summed E-state index contributed by atoms with van der Waals surface area (Å²) in [4.78, 5) is 0.364. The molecule has 1 unspecified atom stereocenters. The second-order valence-electron chi connectivity index (χ2n) is 3.99. The first-order valence-electron chi connectivity index (χ1n) is 5.46. The molecular formula is C13H9BrClF2NOS. The number of hydrogen-bond donors (Lipinski definition) is 1. The maximum atomic E-state index is 13.8. The van der Waals surface area contributed by atoms with Crippen molar-refractivity contribution in [3.8, 4) is 0 Å². The van der Waals surface area contributed by atoms with Crippen molar-refractivity contribution in [2.24, 2.45) is 0 Å². The van der Waals surface area contributed by atoms with Crippen molar-refractivity contribution in [2.75, 3.05) is 5.73 Å². The van der Waals surface area contributed by atoms with Gasteiger partial charge in [0, 0.05) is 10.5 Å². The first-order valence-corrected chi connectivity index (χ1v) is 7.95. The summed E-state index contributed by atoms with van der Waals surface area (Å²) in [6.45, 7) is 0. The van der Waals surface area contributed by atoms with Crippen LogP contribution in [0.15, 0.2) is 39.7 Å². The fourth-order valence-corrected chi connectivity index (χ4v) is 3.34. The van der Waals surface area contributed by atoms with E-state index in [9.17, 15) is 13.0 Å². The largest absolute Gasteiger partial charge is 0.398 e. The first-order chi connectivity index (χ1) is 9.40. The summed E-state index contributed by atoms with van der Waals surface area (Å²) < 4.78 is 39.7. The minimum absolute atomic E-state index is 0.126. The molecule has 2 nitrogen and oxygen atoms in total. The van der Waals surface area contributed by atoms with Gasteiger partial charge in [0.05, 0.1) is 31.7 Å². The highest BCUT2D eigenvalue weighted by atomic mass is 79.9. The van der Waals surface area contributed by atoms with Gasteiger partial charge in [-0.2, -0.15) is 0 Å². The van der Waals surface area contributed by atoms with Crippen molar-refractivity contribution in [2.45, 2.75) is 10.6 Å². The summed E-state index contributed by atoms with van der Waals surface area (Å²) >= 11 is 8.80. The highest BCUT2D eigenvalue weighted by Gasteiger charge is 2.16. The van der Waals surface area contributed by atoms with E-state index in [0.29, 0.717) is 10.6 Å². The van der Waals surface area contributed by atoms with Crippen LogP contribution in [-0.2, 0) is 16.6 Å². The van der Waals surface area contributed by atoms with Crippen LogP contribution in [0.4, 0.5) is 14.5 Å². The van der Waals surface area contributed by atoms with E-state index in [0.717, 1.165) is 6.07 Å². The van der Waals surface area contributed by atoms with Crippen molar-refractivity contribution in [1.29, 1.82) is 0 Å². The van der Waals surface area contributed by atoms with Gasteiger partial charge in [-0.15, -0.1) is 0 Å². The molecule has 2 rings (SSSR count). The van der Waals surface area contributed by atoms with Gasteiger partial charge < -0.3 is 5.73 Å². The average Bonchev–Trinajstić information content (AvgIpc) is 2.42. The fourth-order valence-electron chi connectivity index (χ4n) is 1.57. The Balaban J connectivity index is 2.32. The number of hydrogen-bond acceptors (Lipinski definition) is 2. The zero-order valence-electron chi connectivity index (χ0n) is 10.00. The van der Waals surface area contributed by atoms with Crippen LogP contribution in [0, 0.1) is 11.6 Å². The summed E-state index contributed by atoms with van der Waals surface area (Å²) in [6.07, 6.45) is 0. The Hall–Kier alpha value is -0.980. The molecule has 7 heteroatoms. The molecule has 1 atom stereocenters.